The van der Waals surface area contributed by atoms with Crippen LogP contribution in [0.25, 0.3) is 0 Å². The van der Waals surface area contributed by atoms with Crippen molar-refractivity contribution in [1.82, 2.24) is 15.1 Å². The van der Waals surface area contributed by atoms with Crippen molar-refractivity contribution in [1.29, 1.82) is 0 Å². The van der Waals surface area contributed by atoms with Gasteiger partial charge in [0.25, 0.3) is 0 Å². The van der Waals surface area contributed by atoms with E-state index in [1.165, 1.54) is 19.4 Å². The van der Waals surface area contributed by atoms with Crippen LogP contribution < -0.4 is 5.32 Å². The molecule has 2 saturated heterocycles. The lowest BCUT2D eigenvalue weighted by Gasteiger charge is -2.37. The molecule has 2 rings (SSSR count). The van der Waals surface area contributed by atoms with Crippen LogP contribution in [-0.2, 0) is 9.59 Å². The number of carbonyl (C=O) groups is 2. The van der Waals surface area contributed by atoms with Crippen LogP contribution in [0.2, 0.25) is 0 Å². The molecule has 114 valence electrons. The van der Waals surface area contributed by atoms with E-state index < -0.39 is 0 Å². The molecule has 1 N–H and O–H groups in total. The molecule has 2 fully saturated rings. The van der Waals surface area contributed by atoms with Gasteiger partial charge in [0.15, 0.2) is 5.78 Å². The molecule has 0 bridgehead atoms. The quantitative estimate of drug-likeness (QED) is 0.797. The number of ketones is 1. The first-order valence-electron chi connectivity index (χ1n) is 7.73. The third kappa shape index (κ3) is 3.79. The zero-order valence-corrected chi connectivity index (χ0v) is 12.9. The Labute approximate surface area is 121 Å². The second-order valence-corrected chi connectivity index (χ2v) is 6.47. The van der Waals surface area contributed by atoms with E-state index >= 15 is 0 Å². The van der Waals surface area contributed by atoms with E-state index in [9.17, 15) is 9.59 Å². The van der Waals surface area contributed by atoms with E-state index in [4.69, 9.17) is 0 Å². The number of hydrogen-bond acceptors (Lipinski definition) is 4. The first kappa shape index (κ1) is 15.4. The van der Waals surface area contributed by atoms with Gasteiger partial charge in [-0.05, 0) is 32.2 Å². The monoisotopic (exact) mass is 281 g/mol. The van der Waals surface area contributed by atoms with E-state index in [1.807, 2.05) is 13.8 Å². The molecule has 2 unspecified atom stereocenters. The summed E-state index contributed by atoms with van der Waals surface area (Å²) in [5.41, 5.74) is 0. The van der Waals surface area contributed by atoms with Crippen LogP contribution in [0.4, 0.5) is 0 Å². The highest BCUT2D eigenvalue weighted by molar-refractivity contribution is 5.88. The highest BCUT2D eigenvalue weighted by Gasteiger charge is 2.31. The van der Waals surface area contributed by atoms with Gasteiger partial charge in [-0.3, -0.25) is 19.4 Å². The minimum absolute atomic E-state index is 0.0228. The number of hydrogen-bond donors (Lipinski definition) is 1. The standard InChI is InChI=1S/C15H27N3O2/c1-11(2)15(12(3)19)16-14(20)10-17-7-8-18-6-4-5-13(18)9-17/h11,13,15H,4-10H2,1-3H3,(H,16,20). The number of carbonyl (C=O) groups excluding carboxylic acids is 2. The molecule has 5 nitrogen and oxygen atoms in total. The van der Waals surface area contributed by atoms with Crippen LogP contribution in [0.1, 0.15) is 33.6 Å². The van der Waals surface area contributed by atoms with E-state index in [0.717, 1.165) is 19.6 Å². The topological polar surface area (TPSA) is 52.7 Å². The molecule has 20 heavy (non-hydrogen) atoms. The van der Waals surface area contributed by atoms with Crippen molar-refractivity contribution in [2.24, 2.45) is 5.92 Å². The fourth-order valence-electron chi connectivity index (χ4n) is 3.36. The maximum absolute atomic E-state index is 12.1. The number of rotatable bonds is 5. The number of piperazine rings is 1. The fraction of sp³-hybridized carbons (Fsp3) is 0.867. The van der Waals surface area contributed by atoms with Crippen molar-refractivity contribution in [3.63, 3.8) is 0 Å². The predicted octanol–water partition coefficient (Wildman–Crippen LogP) is 0.496. The van der Waals surface area contributed by atoms with Crippen LogP contribution >= 0.6 is 0 Å². The number of Topliss-reactive ketones (excluding diaryl/α,β-unsaturated/α-hetero) is 1. The largest absolute Gasteiger partial charge is 0.345 e. The van der Waals surface area contributed by atoms with Crippen molar-refractivity contribution in [3.8, 4) is 0 Å². The lowest BCUT2D eigenvalue weighted by atomic mass is 10.0. The molecule has 2 aliphatic rings. The van der Waals surface area contributed by atoms with Crippen molar-refractivity contribution in [2.45, 2.75) is 45.7 Å². The Hall–Kier alpha value is -0.940. The Morgan fingerprint density at radius 1 is 1.25 bits per heavy atom. The van der Waals surface area contributed by atoms with Crippen molar-refractivity contribution in [2.75, 3.05) is 32.7 Å². The van der Waals surface area contributed by atoms with E-state index in [-0.39, 0.29) is 23.7 Å². The smallest absolute Gasteiger partial charge is 0.234 e. The van der Waals surface area contributed by atoms with Crippen molar-refractivity contribution >= 4 is 11.7 Å². The summed E-state index contributed by atoms with van der Waals surface area (Å²) in [5, 5.41) is 2.88. The molecule has 0 aromatic heterocycles. The van der Waals surface area contributed by atoms with Gasteiger partial charge in [0.2, 0.25) is 5.91 Å². The Balaban J connectivity index is 1.80. The summed E-state index contributed by atoms with van der Waals surface area (Å²) in [5.74, 6) is 0.155. The zero-order chi connectivity index (χ0) is 14.7. The number of fused-ring (bicyclic) bond motifs is 1. The fourth-order valence-corrected chi connectivity index (χ4v) is 3.36. The molecular formula is C15H27N3O2. The second-order valence-electron chi connectivity index (χ2n) is 6.47. The Morgan fingerprint density at radius 2 is 2.00 bits per heavy atom. The molecule has 1 amide bonds. The summed E-state index contributed by atoms with van der Waals surface area (Å²) in [4.78, 5) is 28.4. The van der Waals surface area contributed by atoms with Gasteiger partial charge in [0.05, 0.1) is 12.6 Å². The van der Waals surface area contributed by atoms with Crippen molar-refractivity contribution in [3.05, 3.63) is 0 Å². The minimum Gasteiger partial charge on any atom is -0.345 e. The van der Waals surface area contributed by atoms with Gasteiger partial charge in [0, 0.05) is 25.7 Å². The molecule has 0 radical (unpaired) electrons. The third-order valence-corrected chi connectivity index (χ3v) is 4.46. The van der Waals surface area contributed by atoms with Crippen molar-refractivity contribution < 1.29 is 9.59 Å². The van der Waals surface area contributed by atoms with Crippen LogP contribution in [-0.4, -0.2) is 66.3 Å². The highest BCUT2D eigenvalue weighted by atomic mass is 16.2. The Kier molecular flexibility index (Phi) is 5.16. The highest BCUT2D eigenvalue weighted by Crippen LogP contribution is 2.21. The van der Waals surface area contributed by atoms with Gasteiger partial charge in [-0.15, -0.1) is 0 Å². The summed E-state index contributed by atoms with van der Waals surface area (Å²) in [6.07, 6.45) is 2.53. The van der Waals surface area contributed by atoms with Gasteiger partial charge >= 0.3 is 0 Å². The molecule has 0 aromatic carbocycles. The maximum atomic E-state index is 12.1. The van der Waals surface area contributed by atoms with Gasteiger partial charge < -0.3 is 5.32 Å². The van der Waals surface area contributed by atoms with E-state index in [2.05, 4.69) is 15.1 Å². The average Bonchev–Trinajstić information content (AvgIpc) is 2.82. The summed E-state index contributed by atoms with van der Waals surface area (Å²) in [6.45, 7) is 10.1. The predicted molar refractivity (Wildman–Crippen MR) is 78.5 cm³/mol. The summed E-state index contributed by atoms with van der Waals surface area (Å²) >= 11 is 0. The van der Waals surface area contributed by atoms with Gasteiger partial charge in [0.1, 0.15) is 0 Å². The lowest BCUT2D eigenvalue weighted by Crippen LogP contribution is -2.54. The molecule has 2 heterocycles. The molecule has 0 aliphatic carbocycles. The van der Waals surface area contributed by atoms with E-state index in [0.29, 0.717) is 12.6 Å². The number of nitrogens with one attached hydrogen (secondary N) is 1. The normalized spacial score (nSPS) is 25.5. The zero-order valence-electron chi connectivity index (χ0n) is 12.9. The van der Waals surface area contributed by atoms with Gasteiger partial charge in [-0.25, -0.2) is 0 Å². The lowest BCUT2D eigenvalue weighted by molar-refractivity contribution is -0.128. The number of nitrogens with zero attached hydrogens (tertiary/aromatic N) is 2. The van der Waals surface area contributed by atoms with Gasteiger partial charge in [-0.2, -0.15) is 0 Å². The molecular weight excluding hydrogens is 254 g/mol. The Bertz CT molecular complexity index is 370. The average molecular weight is 281 g/mol. The number of amides is 1. The van der Waals surface area contributed by atoms with Crippen LogP contribution in [0.5, 0.6) is 0 Å². The molecule has 2 atom stereocenters. The first-order valence-corrected chi connectivity index (χ1v) is 7.73. The first-order chi connectivity index (χ1) is 9.47. The summed E-state index contributed by atoms with van der Waals surface area (Å²) in [7, 11) is 0. The molecule has 0 spiro atoms. The molecule has 0 aromatic rings. The van der Waals surface area contributed by atoms with Crippen LogP contribution in [0, 0.1) is 5.92 Å². The van der Waals surface area contributed by atoms with Crippen LogP contribution in [0.15, 0.2) is 0 Å². The molecule has 5 heteroatoms. The SMILES string of the molecule is CC(=O)C(NC(=O)CN1CCN2CCCC2C1)C(C)C. The minimum atomic E-state index is -0.352. The van der Waals surface area contributed by atoms with Gasteiger partial charge in [-0.1, -0.05) is 13.8 Å². The van der Waals surface area contributed by atoms with Crippen LogP contribution in [0.3, 0.4) is 0 Å². The Morgan fingerprint density at radius 3 is 2.65 bits per heavy atom. The van der Waals surface area contributed by atoms with E-state index in [1.54, 1.807) is 6.92 Å². The molecule has 0 saturated carbocycles. The summed E-state index contributed by atoms with van der Waals surface area (Å²) in [6, 6.07) is 0.278. The second kappa shape index (κ2) is 6.68. The summed E-state index contributed by atoms with van der Waals surface area (Å²) < 4.78 is 0. The molecule has 2 aliphatic heterocycles. The third-order valence-electron chi connectivity index (χ3n) is 4.46. The maximum Gasteiger partial charge on any atom is 0.234 e.